The van der Waals surface area contributed by atoms with Crippen LogP contribution in [0, 0.1) is 11.3 Å². The van der Waals surface area contributed by atoms with Crippen molar-refractivity contribution in [2.75, 3.05) is 30.3 Å². The molecule has 1 aromatic heterocycles. The van der Waals surface area contributed by atoms with Gasteiger partial charge in [0.25, 0.3) is 0 Å². The predicted octanol–water partition coefficient (Wildman–Crippen LogP) is 5.75. The molecule has 0 radical (unpaired) electrons. The van der Waals surface area contributed by atoms with Crippen molar-refractivity contribution in [2.45, 2.75) is 120 Å². The normalized spacial score (nSPS) is 32.9. The molecule has 7 rings (SSSR count). The lowest BCUT2D eigenvalue weighted by Crippen LogP contribution is -2.49. The summed E-state index contributed by atoms with van der Waals surface area (Å²) in [5.74, 6) is 2.51. The molecule has 4 heterocycles. The number of hydrogen-bond donors (Lipinski definition) is 1. The Kier molecular flexibility index (Phi) is 6.34. The molecule has 1 aromatic carbocycles. The van der Waals surface area contributed by atoms with Crippen molar-refractivity contribution >= 4 is 11.5 Å². The summed E-state index contributed by atoms with van der Waals surface area (Å²) in [5.41, 5.74) is 12.5. The van der Waals surface area contributed by atoms with Gasteiger partial charge in [-0.05, 0) is 100 Å². The van der Waals surface area contributed by atoms with Gasteiger partial charge in [0.05, 0.1) is 11.3 Å². The van der Waals surface area contributed by atoms with Crippen molar-refractivity contribution in [1.29, 1.82) is 5.26 Å². The number of hydrogen-bond acceptors (Lipinski definition) is 6. The summed E-state index contributed by atoms with van der Waals surface area (Å²) in [6.07, 6.45) is 11.3. The van der Waals surface area contributed by atoms with Gasteiger partial charge in [0.15, 0.2) is 0 Å². The lowest BCUT2D eigenvalue weighted by molar-refractivity contribution is 0.181. The molecule has 1 spiro atoms. The Labute approximate surface area is 238 Å². The molecule has 40 heavy (non-hydrogen) atoms. The molecule has 3 fully saturated rings. The molecule has 2 aromatic rings. The smallest absolute Gasteiger partial charge is 0.136 e. The third-order valence-electron chi connectivity index (χ3n) is 11.4. The first-order chi connectivity index (χ1) is 19.4. The van der Waals surface area contributed by atoms with Crippen LogP contribution in [0.5, 0.6) is 0 Å². The fourth-order valence-electron chi connectivity index (χ4n) is 9.13. The average Bonchev–Trinajstić information content (AvgIpc) is 3.45. The van der Waals surface area contributed by atoms with Crippen molar-refractivity contribution in [2.24, 2.45) is 0 Å². The number of aromatic nitrogens is 2. The van der Waals surface area contributed by atoms with E-state index in [1.54, 1.807) is 0 Å². The summed E-state index contributed by atoms with van der Waals surface area (Å²) in [4.78, 5) is 15.5. The molecule has 5 aliphatic rings. The molecule has 3 aliphatic heterocycles. The number of nitrogens with two attached hydrogens (primary N) is 1. The number of aryl methyl sites for hydroxylation is 1. The molecule has 0 amide bonds. The first-order valence-corrected chi connectivity index (χ1v) is 15.7. The summed E-state index contributed by atoms with van der Waals surface area (Å²) >= 11 is 0. The van der Waals surface area contributed by atoms with Crippen LogP contribution in [0.25, 0.3) is 0 Å². The molecular weight excluding hydrogens is 499 g/mol. The highest BCUT2D eigenvalue weighted by atomic mass is 19.1. The Balaban J connectivity index is 1.27. The fourth-order valence-corrected chi connectivity index (χ4v) is 9.13. The predicted molar refractivity (Wildman–Crippen MR) is 156 cm³/mol. The van der Waals surface area contributed by atoms with Gasteiger partial charge in [-0.15, -0.1) is 0 Å². The highest BCUT2D eigenvalue weighted by Gasteiger charge is 2.49. The summed E-state index contributed by atoms with van der Waals surface area (Å²) in [5, 5.41) is 10.2. The maximum Gasteiger partial charge on any atom is 0.136 e. The minimum absolute atomic E-state index is 0.0134. The number of nitriles is 1. The molecule has 2 aliphatic carbocycles. The first kappa shape index (κ1) is 26.2. The molecule has 5 atom stereocenters. The zero-order valence-electron chi connectivity index (χ0n) is 24.2. The number of rotatable bonds is 5. The van der Waals surface area contributed by atoms with Crippen molar-refractivity contribution in [3.63, 3.8) is 0 Å². The van der Waals surface area contributed by atoms with Gasteiger partial charge in [-0.1, -0.05) is 19.9 Å². The van der Waals surface area contributed by atoms with E-state index in [-0.39, 0.29) is 11.0 Å². The summed E-state index contributed by atoms with van der Waals surface area (Å²) in [6, 6.07) is 7.13. The van der Waals surface area contributed by atoms with Crippen LogP contribution in [0.4, 0.5) is 15.9 Å². The summed E-state index contributed by atoms with van der Waals surface area (Å²) < 4.78 is 14.5. The van der Waals surface area contributed by atoms with Crippen molar-refractivity contribution in [1.82, 2.24) is 14.9 Å². The van der Waals surface area contributed by atoms with Gasteiger partial charge in [-0.3, -0.25) is 4.90 Å². The Hall–Kier alpha value is -2.72. The van der Waals surface area contributed by atoms with Crippen LogP contribution in [-0.4, -0.2) is 52.3 Å². The molecule has 0 bridgehead atoms. The van der Waals surface area contributed by atoms with Crippen LogP contribution in [0.2, 0.25) is 0 Å². The van der Waals surface area contributed by atoms with Crippen molar-refractivity contribution in [3.8, 4) is 6.07 Å². The number of nitrogen functional groups attached to an aromatic ring is 1. The van der Waals surface area contributed by atoms with Crippen molar-refractivity contribution in [3.05, 3.63) is 45.9 Å². The summed E-state index contributed by atoms with van der Waals surface area (Å²) in [6.45, 7) is 7.23. The SMILES string of the molecule is CCC1CCN1c1nc(CCC23CCCN2CC(F)C3)nc2c1CCC1(CCC(C)c3ccc(N)c(C#N)c31)C2. The van der Waals surface area contributed by atoms with Gasteiger partial charge in [0.2, 0.25) is 0 Å². The van der Waals surface area contributed by atoms with E-state index in [0.29, 0.717) is 36.2 Å². The number of fused-ring (bicyclic) bond motifs is 4. The Morgan fingerprint density at radius 2 is 2.05 bits per heavy atom. The summed E-state index contributed by atoms with van der Waals surface area (Å²) in [7, 11) is 0. The van der Waals surface area contributed by atoms with Crippen LogP contribution in [-0.2, 0) is 24.7 Å². The highest BCUT2D eigenvalue weighted by Crippen LogP contribution is 2.52. The molecule has 2 N–H and O–H groups in total. The van der Waals surface area contributed by atoms with E-state index in [2.05, 4.69) is 35.8 Å². The quantitative estimate of drug-likeness (QED) is 0.485. The third-order valence-corrected chi connectivity index (χ3v) is 11.4. The second kappa shape index (κ2) is 9.69. The van der Waals surface area contributed by atoms with Gasteiger partial charge in [-0.2, -0.15) is 5.26 Å². The lowest BCUT2D eigenvalue weighted by atomic mass is 9.59. The molecule has 3 saturated heterocycles. The monoisotopic (exact) mass is 542 g/mol. The van der Waals surface area contributed by atoms with Gasteiger partial charge in [0.1, 0.15) is 23.9 Å². The van der Waals surface area contributed by atoms with Crippen LogP contribution < -0.4 is 10.6 Å². The zero-order chi connectivity index (χ0) is 27.6. The van der Waals surface area contributed by atoms with Crippen LogP contribution in [0.3, 0.4) is 0 Å². The largest absolute Gasteiger partial charge is 0.398 e. The Morgan fingerprint density at radius 3 is 2.83 bits per heavy atom. The fraction of sp³-hybridized carbons (Fsp3) is 0.667. The topological polar surface area (TPSA) is 82.1 Å². The maximum absolute atomic E-state index is 14.5. The minimum atomic E-state index is -0.706. The van der Waals surface area contributed by atoms with E-state index in [0.717, 1.165) is 82.5 Å². The Morgan fingerprint density at radius 1 is 1.18 bits per heavy atom. The van der Waals surface area contributed by atoms with Crippen LogP contribution >= 0.6 is 0 Å². The molecule has 212 valence electrons. The second-order valence-electron chi connectivity index (χ2n) is 13.5. The van der Waals surface area contributed by atoms with E-state index in [9.17, 15) is 9.65 Å². The van der Waals surface area contributed by atoms with Crippen LogP contribution in [0.15, 0.2) is 12.1 Å². The van der Waals surface area contributed by atoms with Crippen molar-refractivity contribution < 1.29 is 4.39 Å². The lowest BCUT2D eigenvalue weighted by Gasteiger charge is -2.47. The van der Waals surface area contributed by atoms with E-state index in [4.69, 9.17) is 15.7 Å². The average molecular weight is 543 g/mol. The van der Waals surface area contributed by atoms with E-state index < -0.39 is 6.17 Å². The van der Waals surface area contributed by atoms with Gasteiger partial charge in [-0.25, -0.2) is 14.4 Å². The number of alkyl halides is 1. The minimum Gasteiger partial charge on any atom is -0.398 e. The standard InChI is InChI=1S/C33H43FN6/c1-3-23-10-16-40(23)31-25-8-13-32(12-7-21(2)24-5-6-27(36)26(19-35)30(24)32)18-28(25)37-29(38-31)9-14-33-11-4-15-39(33)20-22(34)17-33/h5-6,21-23H,3-4,7-18,20,36H2,1-2H3. The maximum atomic E-state index is 14.5. The molecule has 5 unspecified atom stereocenters. The molecule has 6 nitrogen and oxygen atoms in total. The molecule has 0 saturated carbocycles. The van der Waals surface area contributed by atoms with E-state index >= 15 is 0 Å². The van der Waals surface area contributed by atoms with Gasteiger partial charge in [0, 0.05) is 47.8 Å². The number of anilines is 2. The second-order valence-corrected chi connectivity index (χ2v) is 13.5. The van der Waals surface area contributed by atoms with E-state index in [1.165, 1.54) is 35.2 Å². The number of halogens is 1. The Bertz CT molecular complexity index is 1370. The van der Waals surface area contributed by atoms with Crippen LogP contribution in [0.1, 0.15) is 111 Å². The zero-order valence-corrected chi connectivity index (χ0v) is 24.2. The van der Waals surface area contributed by atoms with Gasteiger partial charge >= 0.3 is 0 Å². The molecular formula is C33H43FN6. The number of nitrogens with zero attached hydrogens (tertiary/aromatic N) is 5. The third kappa shape index (κ3) is 3.96. The van der Waals surface area contributed by atoms with E-state index in [1.807, 2.05) is 6.07 Å². The first-order valence-electron chi connectivity index (χ1n) is 15.7. The number of benzene rings is 1. The van der Waals surface area contributed by atoms with Gasteiger partial charge < -0.3 is 10.6 Å². The molecule has 7 heteroatoms. The highest BCUT2D eigenvalue weighted by molar-refractivity contribution is 5.65.